The lowest BCUT2D eigenvalue weighted by molar-refractivity contribution is -0.112. The van der Waals surface area contributed by atoms with E-state index in [4.69, 9.17) is 4.74 Å². The van der Waals surface area contributed by atoms with Gasteiger partial charge in [0.25, 0.3) is 11.8 Å². The van der Waals surface area contributed by atoms with Crippen LogP contribution in [0.4, 0.5) is 5.69 Å². The van der Waals surface area contributed by atoms with Crippen molar-refractivity contribution < 1.29 is 14.3 Å². The summed E-state index contributed by atoms with van der Waals surface area (Å²) in [5.41, 5.74) is 4.09. The molecule has 1 N–H and O–H groups in total. The molecule has 1 aliphatic carbocycles. The third-order valence-electron chi connectivity index (χ3n) is 5.16. The molecule has 1 aliphatic rings. The second-order valence-corrected chi connectivity index (χ2v) is 7.58. The number of hydrogen-bond donors (Lipinski definition) is 1. The Bertz CT molecular complexity index is 976. The Morgan fingerprint density at radius 1 is 1.10 bits per heavy atom. The van der Waals surface area contributed by atoms with Crippen LogP contribution in [-0.2, 0) is 9.53 Å². The fourth-order valence-electron chi connectivity index (χ4n) is 2.96. The van der Waals surface area contributed by atoms with Gasteiger partial charge in [0.1, 0.15) is 5.76 Å². The number of carbonyl (C=O) groups is 2. The van der Waals surface area contributed by atoms with Gasteiger partial charge in [0.05, 0.1) is 12.3 Å². The summed E-state index contributed by atoms with van der Waals surface area (Å²) < 4.78 is 5.71. The molecule has 0 saturated heterocycles. The van der Waals surface area contributed by atoms with Crippen LogP contribution < -0.4 is 5.32 Å². The zero-order chi connectivity index (χ0) is 23.0. The Balaban J connectivity index is 2.01. The van der Waals surface area contributed by atoms with Crippen LogP contribution in [0.3, 0.4) is 0 Å². The third-order valence-corrected chi connectivity index (χ3v) is 5.16. The first-order valence-electron chi connectivity index (χ1n) is 10.4. The van der Waals surface area contributed by atoms with Crippen molar-refractivity contribution in [2.45, 2.75) is 41.0 Å². The van der Waals surface area contributed by atoms with Gasteiger partial charge in [-0.2, -0.15) is 0 Å². The first-order chi connectivity index (χ1) is 14.7. The Labute approximate surface area is 185 Å². The SMILES string of the molecule is C/C=C(/C)O/C(=C\C)CN(C)C(=O)c1ccc(NC(=O)/C(C)=C2\C=CC(C)=CC2)cc1. The average Bonchev–Trinajstić information content (AvgIpc) is 2.78. The van der Waals surface area contributed by atoms with Gasteiger partial charge in [-0.25, -0.2) is 0 Å². The summed E-state index contributed by atoms with van der Waals surface area (Å²) in [5, 5.41) is 2.90. The molecule has 0 saturated carbocycles. The van der Waals surface area contributed by atoms with E-state index in [-0.39, 0.29) is 11.8 Å². The summed E-state index contributed by atoms with van der Waals surface area (Å²) in [6, 6.07) is 6.93. The standard InChI is InChI=1S/C26H32N2O3/c1-7-19(4)31-24(8-2)17-28(6)26(30)22-13-15-23(16-14-22)27-25(29)20(5)21-11-9-18(3)10-12-21/h7-11,13-16H,12,17H2,1-6H3,(H,27,29)/b19-7-,21-20+,24-8-. The van der Waals surface area contributed by atoms with Crippen LogP contribution in [0.1, 0.15) is 51.4 Å². The van der Waals surface area contributed by atoms with Crippen molar-refractivity contribution in [1.29, 1.82) is 0 Å². The van der Waals surface area contributed by atoms with E-state index in [1.54, 1.807) is 36.2 Å². The maximum atomic E-state index is 12.7. The molecule has 1 aromatic rings. The van der Waals surface area contributed by atoms with Crippen molar-refractivity contribution in [3.63, 3.8) is 0 Å². The summed E-state index contributed by atoms with van der Waals surface area (Å²) in [7, 11) is 1.74. The van der Waals surface area contributed by atoms with Crippen molar-refractivity contribution in [3.05, 3.63) is 88.4 Å². The minimum absolute atomic E-state index is 0.119. The molecule has 0 spiro atoms. The molecule has 0 fully saturated rings. The van der Waals surface area contributed by atoms with Crippen LogP contribution in [0.5, 0.6) is 0 Å². The van der Waals surface area contributed by atoms with Crippen molar-refractivity contribution in [2.75, 3.05) is 18.9 Å². The van der Waals surface area contributed by atoms with Gasteiger partial charge in [-0.3, -0.25) is 9.59 Å². The predicted octanol–water partition coefficient (Wildman–Crippen LogP) is 5.76. The molecule has 0 aromatic heterocycles. The number of amides is 2. The highest BCUT2D eigenvalue weighted by atomic mass is 16.5. The van der Waals surface area contributed by atoms with E-state index in [9.17, 15) is 9.59 Å². The zero-order valence-corrected chi connectivity index (χ0v) is 19.3. The van der Waals surface area contributed by atoms with Gasteiger partial charge in [0.15, 0.2) is 0 Å². The number of likely N-dealkylation sites (N-methyl/N-ethyl adjacent to an activating group) is 1. The Morgan fingerprint density at radius 3 is 2.32 bits per heavy atom. The predicted molar refractivity (Wildman–Crippen MR) is 127 cm³/mol. The Kier molecular flexibility index (Phi) is 8.62. The van der Waals surface area contributed by atoms with E-state index in [0.29, 0.717) is 29.1 Å². The fourth-order valence-corrected chi connectivity index (χ4v) is 2.96. The molecule has 0 heterocycles. The van der Waals surface area contributed by atoms with Gasteiger partial charge in [0.2, 0.25) is 0 Å². The minimum Gasteiger partial charge on any atom is -0.465 e. The number of allylic oxidation sites excluding steroid dienone is 8. The molecular formula is C26H32N2O3. The van der Waals surface area contributed by atoms with Crippen molar-refractivity contribution in [2.24, 2.45) is 0 Å². The molecule has 0 aliphatic heterocycles. The van der Waals surface area contributed by atoms with E-state index in [0.717, 1.165) is 17.8 Å². The van der Waals surface area contributed by atoms with Gasteiger partial charge < -0.3 is 15.0 Å². The molecule has 2 amide bonds. The first-order valence-corrected chi connectivity index (χ1v) is 10.4. The van der Waals surface area contributed by atoms with Gasteiger partial charge >= 0.3 is 0 Å². The highest BCUT2D eigenvalue weighted by molar-refractivity contribution is 6.04. The number of ether oxygens (including phenoxy) is 1. The number of benzene rings is 1. The number of rotatable bonds is 7. The van der Waals surface area contributed by atoms with E-state index >= 15 is 0 Å². The summed E-state index contributed by atoms with van der Waals surface area (Å²) in [4.78, 5) is 26.9. The number of nitrogens with zero attached hydrogens (tertiary/aromatic N) is 1. The average molecular weight is 421 g/mol. The number of anilines is 1. The molecule has 31 heavy (non-hydrogen) atoms. The van der Waals surface area contributed by atoms with Crippen LogP contribution in [0.2, 0.25) is 0 Å². The van der Waals surface area contributed by atoms with Gasteiger partial charge in [-0.15, -0.1) is 0 Å². The minimum atomic E-state index is -0.141. The third kappa shape index (κ3) is 6.85. The first kappa shape index (κ1) is 23.9. The summed E-state index contributed by atoms with van der Waals surface area (Å²) in [5.74, 6) is 1.24. The van der Waals surface area contributed by atoms with Crippen LogP contribution in [0.15, 0.2) is 82.9 Å². The molecule has 0 atom stereocenters. The molecule has 0 radical (unpaired) electrons. The summed E-state index contributed by atoms with van der Waals surface area (Å²) >= 11 is 0. The van der Waals surface area contributed by atoms with Gasteiger partial charge in [-0.1, -0.05) is 23.8 Å². The lowest BCUT2D eigenvalue weighted by Gasteiger charge is -2.20. The molecule has 164 valence electrons. The topological polar surface area (TPSA) is 58.6 Å². The van der Waals surface area contributed by atoms with Crippen LogP contribution in [0, 0.1) is 0 Å². The van der Waals surface area contributed by atoms with Gasteiger partial charge in [0, 0.05) is 23.9 Å². The maximum absolute atomic E-state index is 12.7. The number of nitrogens with one attached hydrogen (secondary N) is 1. The van der Waals surface area contributed by atoms with E-state index in [1.807, 2.05) is 58.9 Å². The Hall–Kier alpha value is -3.34. The fraction of sp³-hybridized carbons (Fsp3) is 0.308. The molecule has 2 rings (SSSR count). The van der Waals surface area contributed by atoms with Crippen molar-refractivity contribution >= 4 is 17.5 Å². The lowest BCUT2D eigenvalue weighted by atomic mass is 9.98. The molecule has 5 nitrogen and oxygen atoms in total. The highest BCUT2D eigenvalue weighted by Crippen LogP contribution is 2.20. The molecule has 1 aromatic carbocycles. The largest absolute Gasteiger partial charge is 0.465 e. The van der Waals surface area contributed by atoms with Crippen LogP contribution in [-0.4, -0.2) is 30.3 Å². The zero-order valence-electron chi connectivity index (χ0n) is 19.3. The van der Waals surface area contributed by atoms with E-state index in [2.05, 4.69) is 11.4 Å². The number of hydrogen-bond acceptors (Lipinski definition) is 3. The maximum Gasteiger partial charge on any atom is 0.254 e. The second-order valence-electron chi connectivity index (χ2n) is 7.58. The smallest absolute Gasteiger partial charge is 0.254 e. The second kappa shape index (κ2) is 11.2. The molecule has 0 bridgehead atoms. The number of carbonyl (C=O) groups excluding carboxylic acids is 2. The lowest BCUT2D eigenvalue weighted by Crippen LogP contribution is -2.29. The summed E-state index contributed by atoms with van der Waals surface area (Å²) in [6.45, 7) is 9.89. The van der Waals surface area contributed by atoms with Crippen LogP contribution >= 0.6 is 0 Å². The quantitative estimate of drug-likeness (QED) is 0.450. The normalized spacial score (nSPS) is 15.9. The van der Waals surface area contributed by atoms with E-state index < -0.39 is 0 Å². The van der Waals surface area contributed by atoms with Gasteiger partial charge in [-0.05, 0) is 83.0 Å². The highest BCUT2D eigenvalue weighted by Gasteiger charge is 2.15. The summed E-state index contributed by atoms with van der Waals surface area (Å²) in [6.07, 6.45) is 10.6. The van der Waals surface area contributed by atoms with Crippen LogP contribution in [0.25, 0.3) is 0 Å². The molecule has 5 heteroatoms. The molecular weight excluding hydrogens is 388 g/mol. The Morgan fingerprint density at radius 2 is 1.77 bits per heavy atom. The van der Waals surface area contributed by atoms with E-state index in [1.165, 1.54) is 5.57 Å². The van der Waals surface area contributed by atoms with Crippen molar-refractivity contribution in [1.82, 2.24) is 4.90 Å². The van der Waals surface area contributed by atoms with Crippen molar-refractivity contribution in [3.8, 4) is 0 Å². The monoisotopic (exact) mass is 420 g/mol. The molecule has 0 unspecified atom stereocenters.